The first-order valence-corrected chi connectivity index (χ1v) is 12.8. The maximum absolute atomic E-state index is 12.9. The molecule has 0 saturated carbocycles. The molecule has 1 heterocycles. The normalized spacial score (nSPS) is 16.1. The van der Waals surface area contributed by atoms with Crippen LogP contribution in [0.2, 0.25) is 0 Å². The molecular formula is C26H28N4O4S. The Balaban J connectivity index is 1.46. The van der Waals surface area contributed by atoms with E-state index in [9.17, 15) is 18.0 Å². The third kappa shape index (κ3) is 6.06. The number of nitrogens with zero attached hydrogens (tertiary/aromatic N) is 1. The summed E-state index contributed by atoms with van der Waals surface area (Å²) in [5.41, 5.74) is 8.70. The van der Waals surface area contributed by atoms with Gasteiger partial charge in [0.1, 0.15) is 0 Å². The molecule has 182 valence electrons. The third-order valence-electron chi connectivity index (χ3n) is 5.97. The van der Waals surface area contributed by atoms with Crippen LogP contribution in [0.3, 0.4) is 0 Å². The van der Waals surface area contributed by atoms with Crippen molar-refractivity contribution in [2.75, 3.05) is 16.6 Å². The van der Waals surface area contributed by atoms with Crippen molar-refractivity contribution in [2.24, 2.45) is 5.73 Å². The summed E-state index contributed by atoms with van der Waals surface area (Å²) in [5.74, 6) is -0.746. The van der Waals surface area contributed by atoms with E-state index in [0.29, 0.717) is 17.9 Å². The SMILES string of the molecule is Cc1ccc(NS(=O)(=O)c2cccc(C(=O)Nc3cccc(CN4CCCC4C(N)=O)c3)c2)cc1. The summed E-state index contributed by atoms with van der Waals surface area (Å²) in [6.45, 7) is 3.26. The van der Waals surface area contributed by atoms with E-state index in [4.69, 9.17) is 5.73 Å². The van der Waals surface area contributed by atoms with Crippen molar-refractivity contribution < 1.29 is 18.0 Å². The molecule has 9 heteroatoms. The minimum atomic E-state index is -3.86. The molecular weight excluding hydrogens is 464 g/mol. The molecule has 1 atom stereocenters. The Labute approximate surface area is 205 Å². The number of aryl methyl sites for hydroxylation is 1. The lowest BCUT2D eigenvalue weighted by Gasteiger charge is -2.22. The molecule has 1 aliphatic rings. The van der Waals surface area contributed by atoms with Crippen LogP contribution >= 0.6 is 0 Å². The number of rotatable bonds is 8. The molecule has 1 aliphatic heterocycles. The minimum absolute atomic E-state index is 0.00833. The lowest BCUT2D eigenvalue weighted by molar-refractivity contribution is -0.122. The fourth-order valence-electron chi connectivity index (χ4n) is 4.16. The number of amides is 2. The Kier molecular flexibility index (Phi) is 7.18. The third-order valence-corrected chi connectivity index (χ3v) is 7.35. The van der Waals surface area contributed by atoms with Crippen LogP contribution in [-0.4, -0.2) is 37.7 Å². The van der Waals surface area contributed by atoms with E-state index >= 15 is 0 Å². The summed E-state index contributed by atoms with van der Waals surface area (Å²) in [4.78, 5) is 26.6. The molecule has 0 spiro atoms. The smallest absolute Gasteiger partial charge is 0.261 e. The molecule has 8 nitrogen and oxygen atoms in total. The highest BCUT2D eigenvalue weighted by molar-refractivity contribution is 7.92. The van der Waals surface area contributed by atoms with E-state index in [1.54, 1.807) is 24.3 Å². The number of nitrogens with one attached hydrogen (secondary N) is 2. The van der Waals surface area contributed by atoms with Crippen LogP contribution in [0.25, 0.3) is 0 Å². The second-order valence-electron chi connectivity index (χ2n) is 8.68. The Bertz CT molecular complexity index is 1340. The average molecular weight is 493 g/mol. The largest absolute Gasteiger partial charge is 0.368 e. The van der Waals surface area contributed by atoms with E-state index < -0.39 is 15.9 Å². The number of primary amides is 1. The van der Waals surface area contributed by atoms with Crippen molar-refractivity contribution in [1.29, 1.82) is 0 Å². The first-order chi connectivity index (χ1) is 16.7. The molecule has 1 fully saturated rings. The molecule has 3 aromatic rings. The van der Waals surface area contributed by atoms with Crippen molar-refractivity contribution in [3.8, 4) is 0 Å². The molecule has 3 aromatic carbocycles. The van der Waals surface area contributed by atoms with Gasteiger partial charge in [-0.15, -0.1) is 0 Å². The highest BCUT2D eigenvalue weighted by Gasteiger charge is 2.28. The summed E-state index contributed by atoms with van der Waals surface area (Å²) in [6, 6.07) is 20.0. The number of likely N-dealkylation sites (tertiary alicyclic amines) is 1. The number of benzene rings is 3. The molecule has 2 amide bonds. The highest BCUT2D eigenvalue weighted by Crippen LogP contribution is 2.22. The van der Waals surface area contributed by atoms with Crippen molar-refractivity contribution in [2.45, 2.75) is 37.2 Å². The van der Waals surface area contributed by atoms with Crippen LogP contribution in [0.5, 0.6) is 0 Å². The van der Waals surface area contributed by atoms with Gasteiger partial charge in [0.05, 0.1) is 10.9 Å². The van der Waals surface area contributed by atoms with Crippen LogP contribution in [0.1, 0.15) is 34.3 Å². The summed E-state index contributed by atoms with van der Waals surface area (Å²) in [6.07, 6.45) is 1.67. The standard InChI is InChI=1S/C26H28N4O4S/c1-18-10-12-21(13-11-18)29-35(33,34)23-8-3-6-20(16-23)26(32)28-22-7-2-5-19(15-22)17-30-14-4-9-24(30)25(27)31/h2-3,5-8,10-13,15-16,24,29H,4,9,14,17H2,1H3,(H2,27,31)(H,28,32). The van der Waals surface area contributed by atoms with Gasteiger partial charge in [0.25, 0.3) is 15.9 Å². The van der Waals surface area contributed by atoms with Gasteiger partial charge in [-0.3, -0.25) is 19.2 Å². The van der Waals surface area contributed by atoms with E-state index in [2.05, 4.69) is 10.0 Å². The average Bonchev–Trinajstić information content (AvgIpc) is 3.29. The molecule has 0 radical (unpaired) electrons. The van der Waals surface area contributed by atoms with Gasteiger partial charge in [0.15, 0.2) is 0 Å². The molecule has 1 saturated heterocycles. The van der Waals surface area contributed by atoms with Crippen LogP contribution < -0.4 is 15.8 Å². The van der Waals surface area contributed by atoms with Gasteiger partial charge < -0.3 is 11.1 Å². The molecule has 0 aliphatic carbocycles. The van der Waals surface area contributed by atoms with Gasteiger partial charge in [-0.1, -0.05) is 35.9 Å². The number of carbonyl (C=O) groups is 2. The van der Waals surface area contributed by atoms with Gasteiger partial charge in [-0.2, -0.15) is 0 Å². The van der Waals surface area contributed by atoms with Crippen LogP contribution in [0, 0.1) is 6.92 Å². The number of nitrogens with two attached hydrogens (primary N) is 1. The Morgan fingerprint density at radius 1 is 1.00 bits per heavy atom. The first kappa shape index (κ1) is 24.4. The van der Waals surface area contributed by atoms with E-state index in [-0.39, 0.29) is 22.4 Å². The van der Waals surface area contributed by atoms with Crippen LogP contribution in [0.4, 0.5) is 11.4 Å². The maximum atomic E-state index is 12.9. The summed E-state index contributed by atoms with van der Waals surface area (Å²) in [7, 11) is -3.86. The number of hydrogen-bond acceptors (Lipinski definition) is 5. The fourth-order valence-corrected chi connectivity index (χ4v) is 5.27. The zero-order valence-corrected chi connectivity index (χ0v) is 20.2. The predicted molar refractivity (Wildman–Crippen MR) is 135 cm³/mol. The lowest BCUT2D eigenvalue weighted by atomic mass is 10.1. The number of sulfonamides is 1. The topological polar surface area (TPSA) is 122 Å². The zero-order valence-electron chi connectivity index (χ0n) is 19.4. The van der Waals surface area contributed by atoms with Crippen LogP contribution in [-0.2, 0) is 21.4 Å². The predicted octanol–water partition coefficient (Wildman–Crippen LogP) is 3.50. The van der Waals surface area contributed by atoms with Gasteiger partial charge in [-0.25, -0.2) is 8.42 Å². The molecule has 0 aromatic heterocycles. The first-order valence-electron chi connectivity index (χ1n) is 11.3. The summed E-state index contributed by atoms with van der Waals surface area (Å²) < 4.78 is 28.2. The van der Waals surface area contributed by atoms with Gasteiger partial charge in [-0.05, 0) is 74.3 Å². The van der Waals surface area contributed by atoms with Gasteiger partial charge >= 0.3 is 0 Å². The van der Waals surface area contributed by atoms with Crippen molar-refractivity contribution >= 4 is 33.2 Å². The lowest BCUT2D eigenvalue weighted by Crippen LogP contribution is -2.39. The van der Waals surface area contributed by atoms with Gasteiger partial charge in [0.2, 0.25) is 5.91 Å². The Morgan fingerprint density at radius 2 is 1.74 bits per heavy atom. The Hall–Kier alpha value is -3.69. The van der Waals surface area contributed by atoms with Crippen molar-refractivity contribution in [1.82, 2.24) is 4.90 Å². The number of carbonyl (C=O) groups excluding carboxylic acids is 2. The molecule has 4 N–H and O–H groups in total. The quantitative estimate of drug-likeness (QED) is 0.444. The fraction of sp³-hybridized carbons (Fsp3) is 0.231. The minimum Gasteiger partial charge on any atom is -0.368 e. The van der Waals surface area contributed by atoms with E-state index in [1.165, 1.54) is 18.2 Å². The molecule has 35 heavy (non-hydrogen) atoms. The van der Waals surface area contributed by atoms with Crippen LogP contribution in [0.15, 0.2) is 77.7 Å². The number of anilines is 2. The monoisotopic (exact) mass is 492 g/mol. The summed E-state index contributed by atoms with van der Waals surface area (Å²) in [5, 5.41) is 2.83. The van der Waals surface area contributed by atoms with E-state index in [1.807, 2.05) is 42.2 Å². The van der Waals surface area contributed by atoms with Gasteiger partial charge in [0, 0.05) is 23.5 Å². The Morgan fingerprint density at radius 3 is 2.49 bits per heavy atom. The molecule has 0 bridgehead atoms. The number of hydrogen-bond donors (Lipinski definition) is 3. The maximum Gasteiger partial charge on any atom is 0.261 e. The van der Waals surface area contributed by atoms with Crippen molar-refractivity contribution in [3.05, 3.63) is 89.5 Å². The summed E-state index contributed by atoms with van der Waals surface area (Å²) >= 11 is 0. The molecule has 1 unspecified atom stereocenters. The highest BCUT2D eigenvalue weighted by atomic mass is 32.2. The zero-order chi connectivity index (χ0) is 25.0. The van der Waals surface area contributed by atoms with E-state index in [0.717, 1.165) is 30.5 Å². The van der Waals surface area contributed by atoms with Crippen molar-refractivity contribution in [3.63, 3.8) is 0 Å². The second-order valence-corrected chi connectivity index (χ2v) is 10.4. The molecule has 4 rings (SSSR count). The second kappa shape index (κ2) is 10.3.